The van der Waals surface area contributed by atoms with Gasteiger partial charge in [-0.2, -0.15) is 0 Å². The van der Waals surface area contributed by atoms with Crippen molar-refractivity contribution in [3.05, 3.63) is 58.7 Å². The van der Waals surface area contributed by atoms with E-state index in [1.807, 2.05) is 49.5 Å². The fraction of sp³-hybridized carbons (Fsp3) is 0.500. The van der Waals surface area contributed by atoms with Crippen LogP contribution in [0, 0.1) is 0 Å². The fourth-order valence-corrected chi connectivity index (χ4v) is 4.91. The van der Waals surface area contributed by atoms with Gasteiger partial charge in [0.2, 0.25) is 5.91 Å². The Kier molecular flexibility index (Phi) is 6.30. The SMILES string of the molecule is CN(C)c1cc([C@@H]2CCCN(C(=O)C3(c4ccc(Cl)cc4)CCOCC3)C2)ccn1. The standard InChI is InChI=1S/C24H30ClN3O2/c1-27(2)22-16-18(9-12-26-22)19-4-3-13-28(17-19)23(29)24(10-14-30-15-11-24)20-5-7-21(25)8-6-20/h5-9,12,16,19H,3-4,10-11,13-15,17H2,1-2H3/t19-/m1/s1. The van der Waals surface area contributed by atoms with Crippen LogP contribution < -0.4 is 4.90 Å². The highest BCUT2D eigenvalue weighted by molar-refractivity contribution is 6.30. The van der Waals surface area contributed by atoms with Gasteiger partial charge in [0.15, 0.2) is 0 Å². The number of halogens is 1. The molecule has 1 atom stereocenters. The Morgan fingerprint density at radius 3 is 2.63 bits per heavy atom. The molecule has 30 heavy (non-hydrogen) atoms. The number of pyridine rings is 1. The highest BCUT2D eigenvalue weighted by Crippen LogP contribution is 2.39. The Labute approximate surface area is 184 Å². The van der Waals surface area contributed by atoms with E-state index in [9.17, 15) is 4.79 Å². The third kappa shape index (κ3) is 4.19. The average molecular weight is 428 g/mol. The fourth-order valence-electron chi connectivity index (χ4n) is 4.78. The number of hydrogen-bond donors (Lipinski definition) is 0. The van der Waals surface area contributed by atoms with Crippen LogP contribution in [0.15, 0.2) is 42.6 Å². The van der Waals surface area contributed by atoms with Crippen LogP contribution in [-0.4, -0.2) is 56.2 Å². The van der Waals surface area contributed by atoms with E-state index in [0.717, 1.165) is 37.3 Å². The molecule has 2 saturated heterocycles. The second-order valence-corrected chi connectivity index (χ2v) is 9.07. The molecule has 5 nitrogen and oxygen atoms in total. The van der Waals surface area contributed by atoms with Crippen LogP contribution in [0.3, 0.4) is 0 Å². The zero-order valence-electron chi connectivity index (χ0n) is 17.8. The van der Waals surface area contributed by atoms with Gasteiger partial charge in [0.25, 0.3) is 0 Å². The summed E-state index contributed by atoms with van der Waals surface area (Å²) in [6.45, 7) is 2.80. The smallest absolute Gasteiger partial charge is 0.233 e. The summed E-state index contributed by atoms with van der Waals surface area (Å²) >= 11 is 6.12. The van der Waals surface area contributed by atoms with Crippen molar-refractivity contribution in [3.8, 4) is 0 Å². The third-order valence-electron chi connectivity index (χ3n) is 6.56. The van der Waals surface area contributed by atoms with Gasteiger partial charge in [0.05, 0.1) is 5.41 Å². The zero-order valence-corrected chi connectivity index (χ0v) is 18.6. The molecule has 2 aromatic rings. The minimum atomic E-state index is -0.516. The molecule has 6 heteroatoms. The summed E-state index contributed by atoms with van der Waals surface area (Å²) in [6.07, 6.45) is 5.42. The lowest BCUT2D eigenvalue weighted by Gasteiger charge is -2.43. The summed E-state index contributed by atoms with van der Waals surface area (Å²) in [6, 6.07) is 12.1. The first-order valence-electron chi connectivity index (χ1n) is 10.8. The highest BCUT2D eigenvalue weighted by Gasteiger charge is 2.45. The zero-order chi connectivity index (χ0) is 21.1. The van der Waals surface area contributed by atoms with Crippen LogP contribution in [0.25, 0.3) is 0 Å². The predicted octanol–water partition coefficient (Wildman–Crippen LogP) is 4.26. The summed E-state index contributed by atoms with van der Waals surface area (Å²) in [5.41, 5.74) is 1.80. The van der Waals surface area contributed by atoms with Crippen LogP contribution in [0.2, 0.25) is 5.02 Å². The second kappa shape index (κ2) is 8.94. The van der Waals surface area contributed by atoms with Crippen LogP contribution in [0.1, 0.15) is 42.7 Å². The summed E-state index contributed by atoms with van der Waals surface area (Å²) in [5.74, 6) is 1.53. The molecular formula is C24H30ClN3O2. The van der Waals surface area contributed by atoms with Gasteiger partial charge in [-0.05, 0) is 61.1 Å². The lowest BCUT2D eigenvalue weighted by atomic mass is 9.72. The van der Waals surface area contributed by atoms with E-state index in [1.165, 1.54) is 5.56 Å². The van der Waals surface area contributed by atoms with Crippen molar-refractivity contribution in [1.29, 1.82) is 0 Å². The van der Waals surface area contributed by atoms with Crippen molar-refractivity contribution in [1.82, 2.24) is 9.88 Å². The van der Waals surface area contributed by atoms with E-state index in [1.54, 1.807) is 0 Å². The lowest BCUT2D eigenvalue weighted by molar-refractivity contribution is -0.142. The first kappa shape index (κ1) is 21.1. The molecule has 0 radical (unpaired) electrons. The number of aromatic nitrogens is 1. The van der Waals surface area contributed by atoms with E-state index in [-0.39, 0.29) is 5.91 Å². The number of likely N-dealkylation sites (tertiary alicyclic amines) is 1. The van der Waals surface area contributed by atoms with Gasteiger partial charge in [0.1, 0.15) is 5.82 Å². The molecule has 0 unspecified atom stereocenters. The van der Waals surface area contributed by atoms with E-state index >= 15 is 0 Å². The molecule has 1 aromatic carbocycles. The van der Waals surface area contributed by atoms with Gasteiger partial charge in [-0.25, -0.2) is 4.98 Å². The van der Waals surface area contributed by atoms with Crippen molar-refractivity contribution in [2.24, 2.45) is 0 Å². The average Bonchev–Trinajstić information content (AvgIpc) is 2.79. The van der Waals surface area contributed by atoms with Gasteiger partial charge in [-0.15, -0.1) is 0 Å². The number of ether oxygens (including phenoxy) is 1. The Morgan fingerprint density at radius 2 is 1.93 bits per heavy atom. The minimum absolute atomic E-state index is 0.236. The van der Waals surface area contributed by atoms with Crippen LogP contribution in [0.4, 0.5) is 5.82 Å². The molecule has 0 aliphatic carbocycles. The number of carbonyl (C=O) groups excluding carboxylic acids is 1. The van der Waals surface area contributed by atoms with Crippen molar-refractivity contribution >= 4 is 23.3 Å². The topological polar surface area (TPSA) is 45.7 Å². The molecule has 2 fully saturated rings. The number of carbonyl (C=O) groups is 1. The molecule has 1 amide bonds. The third-order valence-corrected chi connectivity index (χ3v) is 6.81. The van der Waals surface area contributed by atoms with Crippen molar-refractivity contribution in [2.75, 3.05) is 45.3 Å². The number of piperidine rings is 1. The quantitative estimate of drug-likeness (QED) is 0.731. The number of nitrogens with zero attached hydrogens (tertiary/aromatic N) is 3. The van der Waals surface area contributed by atoms with E-state index in [4.69, 9.17) is 16.3 Å². The maximum absolute atomic E-state index is 13.9. The molecule has 2 aliphatic rings. The number of amides is 1. The van der Waals surface area contributed by atoms with Gasteiger partial charge in [-0.3, -0.25) is 4.79 Å². The molecular weight excluding hydrogens is 398 g/mol. The normalized spacial score (nSPS) is 21.3. The Hall–Kier alpha value is -2.11. The van der Waals surface area contributed by atoms with Crippen molar-refractivity contribution < 1.29 is 9.53 Å². The van der Waals surface area contributed by atoms with Crippen LogP contribution >= 0.6 is 11.6 Å². The molecule has 2 aliphatic heterocycles. The van der Waals surface area contributed by atoms with Crippen molar-refractivity contribution in [3.63, 3.8) is 0 Å². The van der Waals surface area contributed by atoms with E-state index in [2.05, 4.69) is 22.0 Å². The predicted molar refractivity (Wildman–Crippen MR) is 120 cm³/mol. The summed E-state index contributed by atoms with van der Waals surface area (Å²) < 4.78 is 5.63. The van der Waals surface area contributed by atoms with Crippen LogP contribution in [-0.2, 0) is 14.9 Å². The van der Waals surface area contributed by atoms with Crippen LogP contribution in [0.5, 0.6) is 0 Å². The van der Waals surface area contributed by atoms with E-state index in [0.29, 0.717) is 37.0 Å². The molecule has 160 valence electrons. The van der Waals surface area contributed by atoms with Gasteiger partial charge < -0.3 is 14.5 Å². The molecule has 0 saturated carbocycles. The summed E-state index contributed by atoms with van der Waals surface area (Å²) in [7, 11) is 4.01. The molecule has 1 aromatic heterocycles. The minimum Gasteiger partial charge on any atom is -0.381 e. The number of benzene rings is 1. The molecule has 0 N–H and O–H groups in total. The molecule has 4 rings (SSSR count). The number of hydrogen-bond acceptors (Lipinski definition) is 4. The second-order valence-electron chi connectivity index (χ2n) is 8.63. The summed E-state index contributed by atoms with van der Waals surface area (Å²) in [5, 5.41) is 0.695. The Balaban J connectivity index is 1.59. The monoisotopic (exact) mass is 427 g/mol. The van der Waals surface area contributed by atoms with E-state index < -0.39 is 5.41 Å². The first-order valence-corrected chi connectivity index (χ1v) is 11.1. The maximum atomic E-state index is 13.9. The highest BCUT2D eigenvalue weighted by atomic mass is 35.5. The maximum Gasteiger partial charge on any atom is 0.233 e. The van der Waals surface area contributed by atoms with Crippen molar-refractivity contribution in [2.45, 2.75) is 37.0 Å². The molecule has 0 spiro atoms. The first-order chi connectivity index (χ1) is 14.5. The largest absolute Gasteiger partial charge is 0.381 e. The van der Waals surface area contributed by atoms with Gasteiger partial charge in [-0.1, -0.05) is 23.7 Å². The number of anilines is 1. The van der Waals surface area contributed by atoms with Gasteiger partial charge in [0, 0.05) is 57.5 Å². The molecule has 3 heterocycles. The van der Waals surface area contributed by atoms with Gasteiger partial charge >= 0.3 is 0 Å². The summed E-state index contributed by atoms with van der Waals surface area (Å²) in [4.78, 5) is 22.5. The lowest BCUT2D eigenvalue weighted by Crippen LogP contribution is -2.52. The molecule has 0 bridgehead atoms. The number of rotatable bonds is 4. The Morgan fingerprint density at radius 1 is 1.20 bits per heavy atom. The Bertz CT molecular complexity index is 878.